The van der Waals surface area contributed by atoms with Gasteiger partial charge in [-0.2, -0.15) is 0 Å². The van der Waals surface area contributed by atoms with Crippen LogP contribution in [0.15, 0.2) is 18.2 Å². The average Bonchev–Trinajstić information content (AvgIpc) is 2.27. The van der Waals surface area contributed by atoms with Crippen LogP contribution in [0.3, 0.4) is 0 Å². The molecule has 5 nitrogen and oxygen atoms in total. The second-order valence-electron chi connectivity index (χ2n) is 4.08. The predicted molar refractivity (Wildman–Crippen MR) is 69.4 cm³/mol. The molecule has 0 aliphatic carbocycles. The number of hydrogen-bond acceptors (Lipinski definition) is 3. The van der Waals surface area contributed by atoms with E-state index in [4.69, 9.17) is 4.74 Å². The number of benzene rings is 1. The zero-order valence-electron chi connectivity index (χ0n) is 10.9. The van der Waals surface area contributed by atoms with E-state index in [1.54, 1.807) is 0 Å². The van der Waals surface area contributed by atoms with Crippen LogP contribution in [-0.4, -0.2) is 32.1 Å². The van der Waals surface area contributed by atoms with Crippen LogP contribution < -0.4 is 10.6 Å². The van der Waals surface area contributed by atoms with E-state index in [1.165, 1.54) is 7.11 Å². The molecule has 0 heterocycles. The van der Waals surface area contributed by atoms with Crippen LogP contribution in [0.25, 0.3) is 0 Å². The Morgan fingerprint density at radius 2 is 1.72 bits per heavy atom. The highest BCUT2D eigenvalue weighted by Gasteiger charge is 2.12. The smallest absolute Gasteiger partial charge is 0.313 e. The van der Waals surface area contributed by atoms with Crippen LogP contribution in [0, 0.1) is 13.8 Å². The molecule has 0 bridgehead atoms. The molecule has 18 heavy (non-hydrogen) atoms. The van der Waals surface area contributed by atoms with Gasteiger partial charge in [0.25, 0.3) is 0 Å². The molecule has 0 spiro atoms. The zero-order chi connectivity index (χ0) is 13.5. The fourth-order valence-corrected chi connectivity index (χ4v) is 1.58. The van der Waals surface area contributed by atoms with Gasteiger partial charge >= 0.3 is 11.8 Å². The summed E-state index contributed by atoms with van der Waals surface area (Å²) in [5.41, 5.74) is 2.69. The van der Waals surface area contributed by atoms with E-state index in [0.717, 1.165) is 11.1 Å². The highest BCUT2D eigenvalue weighted by molar-refractivity contribution is 6.39. The van der Waals surface area contributed by atoms with E-state index < -0.39 is 11.8 Å². The number of anilines is 1. The Bertz CT molecular complexity index is 424. The molecular formula is C13H18N2O3. The van der Waals surface area contributed by atoms with E-state index >= 15 is 0 Å². The summed E-state index contributed by atoms with van der Waals surface area (Å²) in [7, 11) is 1.53. The molecule has 0 aliphatic heterocycles. The molecule has 1 aromatic carbocycles. The first-order valence-electron chi connectivity index (χ1n) is 5.69. The van der Waals surface area contributed by atoms with E-state index in [1.807, 2.05) is 32.0 Å². The quantitative estimate of drug-likeness (QED) is 0.619. The lowest BCUT2D eigenvalue weighted by Gasteiger charge is -2.07. The third kappa shape index (κ3) is 4.55. The van der Waals surface area contributed by atoms with Crippen LogP contribution in [0.4, 0.5) is 5.69 Å². The summed E-state index contributed by atoms with van der Waals surface area (Å²) in [5, 5.41) is 5.02. The summed E-state index contributed by atoms with van der Waals surface area (Å²) in [6.45, 7) is 4.56. The van der Waals surface area contributed by atoms with E-state index in [0.29, 0.717) is 18.8 Å². The van der Waals surface area contributed by atoms with Crippen molar-refractivity contribution in [2.24, 2.45) is 0 Å². The minimum Gasteiger partial charge on any atom is -0.383 e. The van der Waals surface area contributed by atoms with Gasteiger partial charge in [0, 0.05) is 19.3 Å². The van der Waals surface area contributed by atoms with Crippen molar-refractivity contribution in [3.63, 3.8) is 0 Å². The molecule has 1 rings (SSSR count). The van der Waals surface area contributed by atoms with Gasteiger partial charge in [0.05, 0.1) is 6.61 Å². The number of ether oxygens (including phenoxy) is 1. The largest absolute Gasteiger partial charge is 0.383 e. The Hall–Kier alpha value is -1.88. The third-order valence-electron chi connectivity index (χ3n) is 2.28. The van der Waals surface area contributed by atoms with Crippen LogP contribution in [0.1, 0.15) is 11.1 Å². The Balaban J connectivity index is 2.55. The van der Waals surface area contributed by atoms with Crippen molar-refractivity contribution in [2.45, 2.75) is 13.8 Å². The molecule has 0 unspecified atom stereocenters. The highest BCUT2D eigenvalue weighted by Crippen LogP contribution is 2.13. The molecule has 0 fully saturated rings. The number of rotatable bonds is 4. The second-order valence-corrected chi connectivity index (χ2v) is 4.08. The maximum atomic E-state index is 11.6. The molecule has 2 N–H and O–H groups in total. The first-order valence-corrected chi connectivity index (χ1v) is 5.69. The lowest BCUT2D eigenvalue weighted by molar-refractivity contribution is -0.136. The Kier molecular flexibility index (Phi) is 5.32. The standard InChI is InChI=1S/C13H18N2O3/c1-9-6-10(2)8-11(7-9)15-13(17)12(16)14-4-5-18-3/h6-8H,4-5H2,1-3H3,(H,14,16)(H,15,17). The lowest BCUT2D eigenvalue weighted by atomic mass is 10.1. The maximum absolute atomic E-state index is 11.6. The van der Waals surface area contributed by atoms with Crippen LogP contribution >= 0.6 is 0 Å². The van der Waals surface area contributed by atoms with Gasteiger partial charge in [0.15, 0.2) is 0 Å². The first kappa shape index (κ1) is 14.2. The van der Waals surface area contributed by atoms with E-state index in [2.05, 4.69) is 10.6 Å². The summed E-state index contributed by atoms with van der Waals surface area (Å²) in [5.74, 6) is -1.33. The normalized spacial score (nSPS) is 9.94. The van der Waals surface area contributed by atoms with Crippen molar-refractivity contribution in [1.29, 1.82) is 0 Å². The van der Waals surface area contributed by atoms with Gasteiger partial charge in [0.2, 0.25) is 0 Å². The zero-order valence-corrected chi connectivity index (χ0v) is 10.9. The minimum atomic E-state index is -0.670. The first-order chi connectivity index (χ1) is 8.52. The lowest BCUT2D eigenvalue weighted by Crippen LogP contribution is -2.37. The summed E-state index contributed by atoms with van der Waals surface area (Å²) in [4.78, 5) is 23.0. The molecule has 0 atom stereocenters. The number of carbonyl (C=O) groups excluding carboxylic acids is 2. The predicted octanol–water partition coefficient (Wildman–Crippen LogP) is 1.00. The van der Waals surface area contributed by atoms with E-state index in [9.17, 15) is 9.59 Å². The van der Waals surface area contributed by atoms with Crippen LogP contribution in [-0.2, 0) is 14.3 Å². The van der Waals surface area contributed by atoms with Crippen molar-refractivity contribution in [2.75, 3.05) is 25.6 Å². The number of hydrogen-bond donors (Lipinski definition) is 2. The number of aryl methyl sites for hydroxylation is 2. The topological polar surface area (TPSA) is 67.4 Å². The molecule has 98 valence electrons. The summed E-state index contributed by atoms with van der Waals surface area (Å²) < 4.78 is 4.78. The van der Waals surface area contributed by atoms with Crippen molar-refractivity contribution >= 4 is 17.5 Å². The summed E-state index contributed by atoms with van der Waals surface area (Å²) in [6, 6.07) is 5.62. The molecule has 0 aromatic heterocycles. The van der Waals surface area contributed by atoms with Gasteiger partial charge < -0.3 is 15.4 Å². The molecule has 0 aliphatic rings. The SMILES string of the molecule is COCCNC(=O)C(=O)Nc1cc(C)cc(C)c1. The molecule has 5 heteroatoms. The molecule has 0 saturated heterocycles. The van der Waals surface area contributed by atoms with E-state index in [-0.39, 0.29) is 0 Å². The molecular weight excluding hydrogens is 232 g/mol. The number of nitrogens with one attached hydrogen (secondary N) is 2. The molecule has 0 radical (unpaired) electrons. The van der Waals surface area contributed by atoms with Gasteiger partial charge in [-0.25, -0.2) is 0 Å². The van der Waals surface area contributed by atoms with Gasteiger partial charge in [0.1, 0.15) is 0 Å². The summed E-state index contributed by atoms with van der Waals surface area (Å²) in [6.07, 6.45) is 0. The number of methoxy groups -OCH3 is 1. The van der Waals surface area contributed by atoms with Gasteiger partial charge in [-0.15, -0.1) is 0 Å². The average molecular weight is 250 g/mol. The van der Waals surface area contributed by atoms with Crippen molar-refractivity contribution < 1.29 is 14.3 Å². The monoisotopic (exact) mass is 250 g/mol. The molecule has 2 amide bonds. The number of carbonyl (C=O) groups is 2. The van der Waals surface area contributed by atoms with Crippen molar-refractivity contribution in [3.8, 4) is 0 Å². The van der Waals surface area contributed by atoms with Crippen molar-refractivity contribution in [1.82, 2.24) is 5.32 Å². The maximum Gasteiger partial charge on any atom is 0.313 e. The Morgan fingerprint density at radius 1 is 1.11 bits per heavy atom. The molecule has 1 aromatic rings. The second kappa shape index (κ2) is 6.76. The van der Waals surface area contributed by atoms with Gasteiger partial charge in [-0.1, -0.05) is 6.07 Å². The minimum absolute atomic E-state index is 0.315. The van der Waals surface area contributed by atoms with Crippen LogP contribution in [0.5, 0.6) is 0 Å². The fourth-order valence-electron chi connectivity index (χ4n) is 1.58. The number of amides is 2. The fraction of sp³-hybridized carbons (Fsp3) is 0.385. The van der Waals surface area contributed by atoms with Crippen molar-refractivity contribution in [3.05, 3.63) is 29.3 Å². The highest BCUT2D eigenvalue weighted by atomic mass is 16.5. The third-order valence-corrected chi connectivity index (χ3v) is 2.28. The summed E-state index contributed by atoms with van der Waals surface area (Å²) >= 11 is 0. The van der Waals surface area contributed by atoms with Gasteiger partial charge in [-0.05, 0) is 37.1 Å². The Morgan fingerprint density at radius 3 is 2.28 bits per heavy atom. The van der Waals surface area contributed by atoms with Gasteiger partial charge in [-0.3, -0.25) is 9.59 Å². The van der Waals surface area contributed by atoms with Crippen LogP contribution in [0.2, 0.25) is 0 Å². The Labute approximate surface area is 107 Å². The molecule has 0 saturated carbocycles.